The number of nitrogens with zero attached hydrogens (tertiary/aromatic N) is 3. The van der Waals surface area contributed by atoms with Crippen molar-refractivity contribution in [2.75, 3.05) is 26.2 Å². The first-order chi connectivity index (χ1) is 10.7. The van der Waals surface area contributed by atoms with Gasteiger partial charge in [0.05, 0.1) is 0 Å². The van der Waals surface area contributed by atoms with Crippen molar-refractivity contribution in [1.29, 1.82) is 0 Å². The quantitative estimate of drug-likeness (QED) is 0.832. The van der Waals surface area contributed by atoms with Crippen LogP contribution in [0.2, 0.25) is 0 Å². The highest BCUT2D eigenvalue weighted by Gasteiger charge is 2.17. The number of hydrogen-bond acceptors (Lipinski definition) is 3. The molecule has 0 atom stereocenters. The zero-order chi connectivity index (χ0) is 15.4. The zero-order valence-corrected chi connectivity index (χ0v) is 14.6. The third-order valence-corrected chi connectivity index (χ3v) is 4.82. The van der Waals surface area contributed by atoms with Crippen LogP contribution in [0.25, 0.3) is 0 Å². The first-order valence-electron chi connectivity index (χ1n) is 7.80. The molecule has 0 N–H and O–H groups in total. The molecule has 1 aliphatic rings. The van der Waals surface area contributed by atoms with Gasteiger partial charge in [0.25, 0.3) is 0 Å². The van der Waals surface area contributed by atoms with Crippen LogP contribution in [0.1, 0.15) is 16.8 Å². The number of hydrogen-bond donors (Lipinski definition) is 0. The van der Waals surface area contributed by atoms with E-state index in [1.165, 1.54) is 11.1 Å². The van der Waals surface area contributed by atoms with Crippen molar-refractivity contribution in [3.63, 3.8) is 0 Å². The lowest BCUT2D eigenvalue weighted by atomic mass is 10.1. The fourth-order valence-electron chi connectivity index (χ4n) is 2.88. The summed E-state index contributed by atoms with van der Waals surface area (Å²) in [5.41, 5.74) is 3.89. The molecule has 0 aliphatic carbocycles. The van der Waals surface area contributed by atoms with Crippen molar-refractivity contribution in [3.05, 3.63) is 63.9 Å². The van der Waals surface area contributed by atoms with Crippen LogP contribution in [0, 0.1) is 6.92 Å². The monoisotopic (exact) mass is 359 g/mol. The van der Waals surface area contributed by atoms with Gasteiger partial charge in [0.1, 0.15) is 0 Å². The van der Waals surface area contributed by atoms with Gasteiger partial charge in [0.2, 0.25) is 0 Å². The predicted octanol–water partition coefficient (Wildman–Crippen LogP) is 3.47. The first kappa shape index (κ1) is 15.7. The van der Waals surface area contributed by atoms with Crippen molar-refractivity contribution in [3.8, 4) is 0 Å². The summed E-state index contributed by atoms with van der Waals surface area (Å²) in [6.45, 7) is 8.69. The van der Waals surface area contributed by atoms with Crippen LogP contribution in [0.15, 0.2) is 47.1 Å². The topological polar surface area (TPSA) is 19.4 Å². The second-order valence-corrected chi connectivity index (χ2v) is 6.84. The summed E-state index contributed by atoms with van der Waals surface area (Å²) in [5, 5.41) is 0. The van der Waals surface area contributed by atoms with Gasteiger partial charge >= 0.3 is 0 Å². The smallest absolute Gasteiger partial charge is 0.0417 e. The molecule has 0 radical (unpaired) electrons. The van der Waals surface area contributed by atoms with Crippen LogP contribution in [0.5, 0.6) is 0 Å². The highest BCUT2D eigenvalue weighted by atomic mass is 79.9. The van der Waals surface area contributed by atoms with Crippen molar-refractivity contribution in [2.24, 2.45) is 0 Å². The summed E-state index contributed by atoms with van der Waals surface area (Å²) in [4.78, 5) is 9.45. The SMILES string of the molecule is Cc1ncccc1CN1CCN(Cc2ccc(Br)cc2)CC1. The van der Waals surface area contributed by atoms with E-state index >= 15 is 0 Å². The minimum Gasteiger partial charge on any atom is -0.297 e. The fourth-order valence-corrected chi connectivity index (χ4v) is 3.14. The van der Waals surface area contributed by atoms with Gasteiger partial charge in [-0.1, -0.05) is 34.1 Å². The molecule has 1 fully saturated rings. The summed E-state index contributed by atoms with van der Waals surface area (Å²) in [5.74, 6) is 0. The largest absolute Gasteiger partial charge is 0.297 e. The normalized spacial score (nSPS) is 16.8. The average molecular weight is 360 g/mol. The molecule has 0 bridgehead atoms. The van der Waals surface area contributed by atoms with Crippen LogP contribution in [-0.4, -0.2) is 41.0 Å². The molecule has 0 amide bonds. The number of pyridine rings is 1. The van der Waals surface area contributed by atoms with Crippen LogP contribution in [0.3, 0.4) is 0 Å². The Hall–Kier alpha value is -1.23. The highest BCUT2D eigenvalue weighted by Crippen LogP contribution is 2.15. The molecule has 116 valence electrons. The lowest BCUT2D eigenvalue weighted by molar-refractivity contribution is 0.122. The number of benzene rings is 1. The van der Waals surface area contributed by atoms with Crippen LogP contribution >= 0.6 is 15.9 Å². The summed E-state index contributed by atoms with van der Waals surface area (Å²) in [7, 11) is 0. The molecule has 4 heteroatoms. The van der Waals surface area contributed by atoms with Gasteiger partial charge in [-0.3, -0.25) is 14.8 Å². The molecule has 2 aromatic rings. The molecule has 3 nitrogen and oxygen atoms in total. The van der Waals surface area contributed by atoms with Crippen molar-refractivity contribution < 1.29 is 0 Å². The third-order valence-electron chi connectivity index (χ3n) is 4.29. The summed E-state index contributed by atoms with van der Waals surface area (Å²) < 4.78 is 1.15. The number of rotatable bonds is 4. The Morgan fingerprint density at radius 3 is 2.23 bits per heavy atom. The van der Waals surface area contributed by atoms with Gasteiger partial charge in [-0.05, 0) is 36.2 Å². The van der Waals surface area contributed by atoms with Crippen LogP contribution < -0.4 is 0 Å². The van der Waals surface area contributed by atoms with Gasteiger partial charge in [-0.25, -0.2) is 0 Å². The fraction of sp³-hybridized carbons (Fsp3) is 0.389. The second-order valence-electron chi connectivity index (χ2n) is 5.93. The minimum absolute atomic E-state index is 1.02. The lowest BCUT2D eigenvalue weighted by Gasteiger charge is -2.34. The van der Waals surface area contributed by atoms with E-state index in [-0.39, 0.29) is 0 Å². The van der Waals surface area contributed by atoms with E-state index in [0.717, 1.165) is 49.4 Å². The third kappa shape index (κ3) is 4.15. The number of aryl methyl sites for hydroxylation is 1. The molecular weight excluding hydrogens is 338 g/mol. The van der Waals surface area contributed by atoms with E-state index in [2.05, 4.69) is 68.0 Å². The van der Waals surface area contributed by atoms with Gasteiger partial charge in [-0.15, -0.1) is 0 Å². The average Bonchev–Trinajstić information content (AvgIpc) is 2.54. The molecule has 2 heterocycles. The standard InChI is InChI=1S/C18H22BrN3/c1-15-17(3-2-8-20-15)14-22-11-9-21(10-12-22)13-16-4-6-18(19)7-5-16/h2-8H,9-14H2,1H3. The molecule has 0 spiro atoms. The Labute approximate surface area is 141 Å². The van der Waals surface area contributed by atoms with Gasteiger partial charge in [-0.2, -0.15) is 0 Å². The van der Waals surface area contributed by atoms with E-state index < -0.39 is 0 Å². The minimum atomic E-state index is 1.02. The van der Waals surface area contributed by atoms with E-state index in [1.54, 1.807) is 0 Å². The molecule has 3 rings (SSSR count). The Balaban J connectivity index is 1.50. The maximum absolute atomic E-state index is 4.38. The van der Waals surface area contributed by atoms with E-state index in [1.807, 2.05) is 12.3 Å². The number of aromatic nitrogens is 1. The zero-order valence-electron chi connectivity index (χ0n) is 13.0. The Morgan fingerprint density at radius 2 is 1.59 bits per heavy atom. The van der Waals surface area contributed by atoms with Gasteiger partial charge in [0, 0.05) is 55.6 Å². The number of piperazine rings is 1. The van der Waals surface area contributed by atoms with Gasteiger partial charge in [0.15, 0.2) is 0 Å². The Kier molecular flexibility index (Phi) is 5.24. The van der Waals surface area contributed by atoms with E-state index in [0.29, 0.717) is 0 Å². The highest BCUT2D eigenvalue weighted by molar-refractivity contribution is 9.10. The molecule has 1 aliphatic heterocycles. The summed E-state index contributed by atoms with van der Waals surface area (Å²) in [6, 6.07) is 12.9. The molecular formula is C18H22BrN3. The van der Waals surface area contributed by atoms with Crippen molar-refractivity contribution >= 4 is 15.9 Å². The second kappa shape index (κ2) is 7.36. The number of halogens is 1. The molecule has 1 aromatic carbocycles. The molecule has 1 aromatic heterocycles. The van der Waals surface area contributed by atoms with Crippen LogP contribution in [0.4, 0.5) is 0 Å². The Morgan fingerprint density at radius 1 is 0.955 bits per heavy atom. The summed E-state index contributed by atoms with van der Waals surface area (Å²) >= 11 is 3.49. The predicted molar refractivity (Wildman–Crippen MR) is 93.7 cm³/mol. The summed E-state index contributed by atoms with van der Waals surface area (Å²) in [6.07, 6.45) is 1.87. The van der Waals surface area contributed by atoms with Crippen molar-refractivity contribution in [2.45, 2.75) is 20.0 Å². The maximum atomic E-state index is 4.38. The first-order valence-corrected chi connectivity index (χ1v) is 8.59. The van der Waals surface area contributed by atoms with E-state index in [4.69, 9.17) is 0 Å². The lowest BCUT2D eigenvalue weighted by Crippen LogP contribution is -2.45. The van der Waals surface area contributed by atoms with Crippen molar-refractivity contribution in [1.82, 2.24) is 14.8 Å². The molecule has 1 saturated heterocycles. The maximum Gasteiger partial charge on any atom is 0.0417 e. The molecule has 0 saturated carbocycles. The van der Waals surface area contributed by atoms with Crippen LogP contribution in [-0.2, 0) is 13.1 Å². The van der Waals surface area contributed by atoms with Gasteiger partial charge < -0.3 is 0 Å². The molecule has 0 unspecified atom stereocenters. The Bertz CT molecular complexity index is 604. The van der Waals surface area contributed by atoms with E-state index in [9.17, 15) is 0 Å². The molecule has 22 heavy (non-hydrogen) atoms.